The first-order valence-corrected chi connectivity index (χ1v) is 7.36. The Kier molecular flexibility index (Phi) is 5.47. The highest BCUT2D eigenvalue weighted by Crippen LogP contribution is 2.36. The van der Waals surface area contributed by atoms with Crippen LogP contribution in [0.3, 0.4) is 0 Å². The molecule has 128 valence electrons. The fourth-order valence-electron chi connectivity index (χ4n) is 2.28. The van der Waals surface area contributed by atoms with Crippen LogP contribution in [0.25, 0.3) is 11.0 Å². The second kappa shape index (κ2) is 7.54. The van der Waals surface area contributed by atoms with E-state index < -0.39 is 23.1 Å². The van der Waals surface area contributed by atoms with E-state index in [1.807, 2.05) is 0 Å². The summed E-state index contributed by atoms with van der Waals surface area (Å²) in [6.45, 7) is 5.11. The molecule has 7 heteroatoms. The van der Waals surface area contributed by atoms with Gasteiger partial charge in [0.05, 0.1) is 23.8 Å². The molecule has 0 aliphatic rings. The summed E-state index contributed by atoms with van der Waals surface area (Å²) in [4.78, 5) is 23.6. The van der Waals surface area contributed by atoms with E-state index >= 15 is 0 Å². The molecule has 0 aliphatic carbocycles. The van der Waals surface area contributed by atoms with Crippen molar-refractivity contribution in [2.45, 2.75) is 26.2 Å². The number of aromatic hydroxyl groups is 2. The number of ether oxygens (including phenoxy) is 2. The largest absolute Gasteiger partial charge is 0.504 e. The molecule has 1 aromatic carbocycles. The third kappa shape index (κ3) is 3.87. The first kappa shape index (κ1) is 17.4. The average molecular weight is 334 g/mol. The van der Waals surface area contributed by atoms with E-state index in [-0.39, 0.29) is 22.3 Å². The second-order valence-electron chi connectivity index (χ2n) is 5.12. The summed E-state index contributed by atoms with van der Waals surface area (Å²) < 4.78 is 15.3. The van der Waals surface area contributed by atoms with Gasteiger partial charge in [-0.25, -0.2) is 4.79 Å². The van der Waals surface area contributed by atoms with Gasteiger partial charge in [-0.2, -0.15) is 0 Å². The van der Waals surface area contributed by atoms with Gasteiger partial charge in [-0.3, -0.25) is 4.79 Å². The molecule has 7 nitrogen and oxygen atoms in total. The zero-order valence-electron chi connectivity index (χ0n) is 13.2. The number of benzene rings is 1. The molecule has 0 radical (unpaired) electrons. The Hall–Kier alpha value is -2.96. The third-order valence-electron chi connectivity index (χ3n) is 3.35. The summed E-state index contributed by atoms with van der Waals surface area (Å²) in [5, 5.41) is 19.4. The predicted molar refractivity (Wildman–Crippen MR) is 86.2 cm³/mol. The van der Waals surface area contributed by atoms with E-state index in [1.165, 1.54) is 19.3 Å². The summed E-state index contributed by atoms with van der Waals surface area (Å²) in [7, 11) is 0. The summed E-state index contributed by atoms with van der Waals surface area (Å²) in [6, 6.07) is 2.29. The molecule has 0 fully saturated rings. The van der Waals surface area contributed by atoms with E-state index in [2.05, 4.69) is 6.58 Å². The molecular weight excluding hydrogens is 316 g/mol. The minimum absolute atomic E-state index is 0.0188. The van der Waals surface area contributed by atoms with Crippen LogP contribution in [-0.4, -0.2) is 22.8 Å². The van der Waals surface area contributed by atoms with Crippen molar-refractivity contribution < 1.29 is 28.9 Å². The molecule has 0 amide bonds. The second-order valence-corrected chi connectivity index (χ2v) is 5.12. The summed E-state index contributed by atoms with van der Waals surface area (Å²) in [5.74, 6) is -1.41. The third-order valence-corrected chi connectivity index (χ3v) is 3.35. The normalized spacial score (nSPS) is 10.5. The molecule has 0 bridgehead atoms. The maximum Gasteiger partial charge on any atom is 0.343 e. The number of phenolic OH excluding ortho intramolecular Hbond substituents is 2. The number of hydrogen-bond acceptors (Lipinski definition) is 7. The lowest BCUT2D eigenvalue weighted by Gasteiger charge is -2.11. The number of rotatable bonds is 7. The monoisotopic (exact) mass is 334 g/mol. The maximum atomic E-state index is 12.2. The van der Waals surface area contributed by atoms with Crippen molar-refractivity contribution in [3.05, 3.63) is 41.0 Å². The van der Waals surface area contributed by atoms with Gasteiger partial charge in [-0.1, -0.05) is 6.58 Å². The molecule has 2 N–H and O–H groups in total. The molecule has 2 aromatic rings. The van der Waals surface area contributed by atoms with Gasteiger partial charge in [0.15, 0.2) is 17.2 Å². The topological polar surface area (TPSA) is 106 Å². The van der Waals surface area contributed by atoms with Gasteiger partial charge in [0.2, 0.25) is 0 Å². The van der Waals surface area contributed by atoms with Crippen LogP contribution in [-0.2, 0) is 16.0 Å². The molecule has 2 rings (SSSR count). The highest BCUT2D eigenvalue weighted by molar-refractivity contribution is 5.89. The van der Waals surface area contributed by atoms with Crippen molar-refractivity contribution in [3.63, 3.8) is 0 Å². The van der Waals surface area contributed by atoms with Crippen molar-refractivity contribution in [2.75, 3.05) is 6.61 Å². The first-order valence-electron chi connectivity index (χ1n) is 7.36. The Labute approximate surface area is 137 Å². The van der Waals surface area contributed by atoms with Crippen LogP contribution in [0.4, 0.5) is 0 Å². The Bertz CT molecular complexity index is 820. The predicted octanol–water partition coefficient (Wildman–Crippen LogP) is 2.61. The van der Waals surface area contributed by atoms with Crippen molar-refractivity contribution in [1.29, 1.82) is 0 Å². The standard InChI is InChI=1S/C17H18O7/c1-3-22-7-5-4-6-11-16(23-10(2)18)12-8-13(19)14(20)9-15(12)24-17(11)21/h3,8-9,19-20H,1,4-7H2,2H3. The van der Waals surface area contributed by atoms with E-state index in [0.29, 0.717) is 25.9 Å². The first-order chi connectivity index (χ1) is 11.4. The lowest BCUT2D eigenvalue weighted by Crippen LogP contribution is -2.14. The zero-order valence-corrected chi connectivity index (χ0v) is 13.2. The van der Waals surface area contributed by atoms with Crippen molar-refractivity contribution in [3.8, 4) is 17.2 Å². The van der Waals surface area contributed by atoms with Crippen LogP contribution >= 0.6 is 0 Å². The lowest BCUT2D eigenvalue weighted by molar-refractivity contribution is -0.131. The minimum Gasteiger partial charge on any atom is -0.504 e. The van der Waals surface area contributed by atoms with Crippen molar-refractivity contribution in [1.82, 2.24) is 0 Å². The van der Waals surface area contributed by atoms with Crippen LogP contribution in [0, 0.1) is 0 Å². The number of phenols is 2. The smallest absolute Gasteiger partial charge is 0.343 e. The van der Waals surface area contributed by atoms with E-state index in [9.17, 15) is 19.8 Å². The van der Waals surface area contributed by atoms with Crippen molar-refractivity contribution in [2.24, 2.45) is 0 Å². The molecule has 1 heterocycles. The maximum absolute atomic E-state index is 12.2. The average Bonchev–Trinajstić information content (AvgIpc) is 2.51. The fourth-order valence-corrected chi connectivity index (χ4v) is 2.28. The van der Waals surface area contributed by atoms with Gasteiger partial charge in [0.25, 0.3) is 0 Å². The van der Waals surface area contributed by atoms with Gasteiger partial charge in [-0.15, -0.1) is 0 Å². The number of carbonyl (C=O) groups excluding carboxylic acids is 1. The molecule has 24 heavy (non-hydrogen) atoms. The minimum atomic E-state index is -0.659. The summed E-state index contributed by atoms with van der Waals surface area (Å²) >= 11 is 0. The van der Waals surface area contributed by atoms with Crippen LogP contribution in [0.5, 0.6) is 17.2 Å². The Balaban J connectivity index is 2.45. The van der Waals surface area contributed by atoms with Crippen molar-refractivity contribution >= 4 is 16.9 Å². The Morgan fingerprint density at radius 3 is 2.67 bits per heavy atom. The van der Waals surface area contributed by atoms with E-state index in [4.69, 9.17) is 13.9 Å². The quantitative estimate of drug-likeness (QED) is 0.263. The fraction of sp³-hybridized carbons (Fsp3) is 0.294. The molecule has 1 aromatic heterocycles. The number of carbonyl (C=O) groups is 1. The molecule has 0 saturated heterocycles. The Morgan fingerprint density at radius 2 is 2.00 bits per heavy atom. The van der Waals surface area contributed by atoms with Crippen LogP contribution in [0.1, 0.15) is 25.3 Å². The van der Waals surface area contributed by atoms with Crippen LogP contribution in [0.15, 0.2) is 34.2 Å². The van der Waals surface area contributed by atoms with Gasteiger partial charge in [-0.05, 0) is 25.3 Å². The molecule has 0 unspecified atom stereocenters. The molecule has 0 saturated carbocycles. The van der Waals surface area contributed by atoms with Gasteiger partial charge in [0, 0.05) is 13.0 Å². The lowest BCUT2D eigenvalue weighted by atomic mass is 10.1. The number of fused-ring (bicyclic) bond motifs is 1. The molecule has 0 aliphatic heterocycles. The van der Waals surface area contributed by atoms with E-state index in [0.717, 1.165) is 6.07 Å². The van der Waals surface area contributed by atoms with Crippen LogP contribution < -0.4 is 10.4 Å². The highest BCUT2D eigenvalue weighted by Gasteiger charge is 2.19. The molecule has 0 spiro atoms. The van der Waals surface area contributed by atoms with Gasteiger partial charge < -0.3 is 24.1 Å². The number of unbranched alkanes of at least 4 members (excludes halogenated alkanes) is 1. The Morgan fingerprint density at radius 1 is 1.29 bits per heavy atom. The SMILES string of the molecule is C=COCCCCc1c(OC(C)=O)c2cc(O)c(O)cc2oc1=O. The zero-order chi connectivity index (χ0) is 17.7. The van der Waals surface area contributed by atoms with E-state index in [1.54, 1.807) is 0 Å². The van der Waals surface area contributed by atoms with Crippen LogP contribution in [0.2, 0.25) is 0 Å². The summed E-state index contributed by atoms with van der Waals surface area (Å²) in [6.07, 6.45) is 2.92. The van der Waals surface area contributed by atoms with Gasteiger partial charge in [0.1, 0.15) is 5.58 Å². The summed E-state index contributed by atoms with van der Waals surface area (Å²) in [5.41, 5.74) is -0.444. The molecule has 0 atom stereocenters. The van der Waals surface area contributed by atoms with Gasteiger partial charge >= 0.3 is 11.6 Å². The number of esters is 1. The highest BCUT2D eigenvalue weighted by atomic mass is 16.5. The molecular formula is C17H18O7. The number of hydrogen-bond donors (Lipinski definition) is 2.